The standard InChI is InChI=1S/C20H22O8/c21-9-16-18-17(27-20(28-18)12-3-7-14(23)8-4-12)15(24)10-25-19(26-16)11-1-5-13(22)6-2-11/h1-8,15-24H,9-10H2/t15-,16+,17+,18+,19?,20?/m0/s1. The van der Waals surface area contributed by atoms with Gasteiger partial charge in [0.15, 0.2) is 12.6 Å². The molecule has 2 aliphatic heterocycles. The zero-order valence-electron chi connectivity index (χ0n) is 14.9. The first-order valence-electron chi connectivity index (χ1n) is 9.00. The van der Waals surface area contributed by atoms with Gasteiger partial charge in [-0.3, -0.25) is 0 Å². The molecule has 0 aromatic heterocycles. The molecule has 0 amide bonds. The molecule has 4 rings (SSSR count). The summed E-state index contributed by atoms with van der Waals surface area (Å²) in [6.45, 7) is -0.423. The fourth-order valence-corrected chi connectivity index (χ4v) is 3.38. The van der Waals surface area contributed by atoms with E-state index < -0.39 is 37.0 Å². The predicted octanol–water partition coefficient (Wildman–Crippen LogP) is 1.35. The van der Waals surface area contributed by atoms with Gasteiger partial charge >= 0.3 is 0 Å². The Labute approximate surface area is 161 Å². The van der Waals surface area contributed by atoms with Gasteiger partial charge in [0.1, 0.15) is 35.9 Å². The van der Waals surface area contributed by atoms with Crippen LogP contribution in [0.25, 0.3) is 0 Å². The lowest BCUT2D eigenvalue weighted by molar-refractivity contribution is -0.239. The molecule has 2 saturated heterocycles. The number of aliphatic hydroxyl groups excluding tert-OH is 2. The van der Waals surface area contributed by atoms with E-state index in [1.165, 1.54) is 24.3 Å². The van der Waals surface area contributed by atoms with Crippen molar-refractivity contribution in [1.29, 1.82) is 0 Å². The van der Waals surface area contributed by atoms with E-state index in [1.54, 1.807) is 24.3 Å². The number of aromatic hydroxyl groups is 2. The molecule has 0 spiro atoms. The molecule has 2 aromatic rings. The number of benzene rings is 2. The molecule has 8 nitrogen and oxygen atoms in total. The summed E-state index contributed by atoms with van der Waals surface area (Å²) in [7, 11) is 0. The number of aliphatic hydroxyl groups is 2. The van der Waals surface area contributed by atoms with E-state index in [2.05, 4.69) is 0 Å². The van der Waals surface area contributed by atoms with Crippen LogP contribution in [-0.4, -0.2) is 58.1 Å². The molecular weight excluding hydrogens is 368 g/mol. The van der Waals surface area contributed by atoms with Crippen molar-refractivity contribution in [3.63, 3.8) is 0 Å². The molecule has 28 heavy (non-hydrogen) atoms. The minimum atomic E-state index is -0.996. The summed E-state index contributed by atoms with van der Waals surface area (Å²) in [5.41, 5.74) is 1.31. The van der Waals surface area contributed by atoms with Crippen LogP contribution in [0.4, 0.5) is 0 Å². The van der Waals surface area contributed by atoms with Crippen LogP contribution in [0.2, 0.25) is 0 Å². The van der Waals surface area contributed by atoms with Crippen LogP contribution in [0.3, 0.4) is 0 Å². The summed E-state index contributed by atoms with van der Waals surface area (Å²) in [5, 5.41) is 39.4. The molecule has 2 aromatic carbocycles. The first-order chi connectivity index (χ1) is 13.5. The molecule has 2 unspecified atom stereocenters. The van der Waals surface area contributed by atoms with Crippen molar-refractivity contribution in [2.24, 2.45) is 0 Å². The molecule has 0 radical (unpaired) electrons. The zero-order chi connectivity index (χ0) is 19.7. The van der Waals surface area contributed by atoms with E-state index in [0.29, 0.717) is 11.1 Å². The van der Waals surface area contributed by atoms with Crippen molar-refractivity contribution in [3.8, 4) is 11.5 Å². The summed E-state index contributed by atoms with van der Waals surface area (Å²) in [6.07, 6.45) is -4.89. The van der Waals surface area contributed by atoms with Crippen molar-refractivity contribution in [2.45, 2.75) is 37.0 Å². The van der Waals surface area contributed by atoms with Crippen LogP contribution in [0, 0.1) is 0 Å². The molecular formula is C20H22O8. The van der Waals surface area contributed by atoms with Crippen LogP contribution in [0.15, 0.2) is 48.5 Å². The van der Waals surface area contributed by atoms with Gasteiger partial charge in [0.25, 0.3) is 0 Å². The molecule has 4 N–H and O–H groups in total. The lowest BCUT2D eigenvalue weighted by Crippen LogP contribution is -2.49. The van der Waals surface area contributed by atoms with Crippen molar-refractivity contribution in [3.05, 3.63) is 59.7 Å². The molecule has 0 saturated carbocycles. The zero-order valence-corrected chi connectivity index (χ0v) is 14.9. The van der Waals surface area contributed by atoms with Crippen molar-refractivity contribution in [1.82, 2.24) is 0 Å². The Balaban J connectivity index is 1.56. The average molecular weight is 390 g/mol. The third kappa shape index (κ3) is 3.83. The Kier molecular flexibility index (Phi) is 5.49. The van der Waals surface area contributed by atoms with Gasteiger partial charge in [0, 0.05) is 11.1 Å². The van der Waals surface area contributed by atoms with E-state index in [1.807, 2.05) is 0 Å². The largest absolute Gasteiger partial charge is 0.508 e. The Morgan fingerprint density at radius 3 is 1.86 bits per heavy atom. The van der Waals surface area contributed by atoms with Gasteiger partial charge in [0.05, 0.1) is 13.2 Å². The Morgan fingerprint density at radius 2 is 1.29 bits per heavy atom. The fraction of sp³-hybridized carbons (Fsp3) is 0.400. The Hall–Kier alpha value is -2.20. The van der Waals surface area contributed by atoms with Crippen molar-refractivity contribution in [2.75, 3.05) is 13.2 Å². The minimum absolute atomic E-state index is 0.0590. The van der Waals surface area contributed by atoms with Crippen molar-refractivity contribution < 1.29 is 39.4 Å². The highest BCUT2D eigenvalue weighted by molar-refractivity contribution is 5.28. The van der Waals surface area contributed by atoms with Gasteiger partial charge in [-0.15, -0.1) is 0 Å². The van der Waals surface area contributed by atoms with Crippen LogP contribution in [0.5, 0.6) is 11.5 Å². The first-order valence-corrected chi connectivity index (χ1v) is 9.00. The van der Waals surface area contributed by atoms with E-state index >= 15 is 0 Å². The second-order valence-corrected chi connectivity index (χ2v) is 6.81. The van der Waals surface area contributed by atoms with E-state index in [0.717, 1.165) is 0 Å². The summed E-state index contributed by atoms with van der Waals surface area (Å²) < 4.78 is 23.4. The lowest BCUT2D eigenvalue weighted by Gasteiger charge is -2.34. The second-order valence-electron chi connectivity index (χ2n) is 6.81. The maximum atomic E-state index is 10.6. The molecule has 0 bridgehead atoms. The lowest BCUT2D eigenvalue weighted by atomic mass is 10.0. The van der Waals surface area contributed by atoms with Crippen LogP contribution < -0.4 is 0 Å². The van der Waals surface area contributed by atoms with E-state index in [-0.39, 0.29) is 24.7 Å². The molecule has 2 aliphatic rings. The number of phenols is 2. The third-order valence-electron chi connectivity index (χ3n) is 4.86. The molecule has 2 heterocycles. The molecule has 150 valence electrons. The number of hydrogen-bond donors (Lipinski definition) is 4. The SMILES string of the molecule is OC[C@H]1OC(c2ccc(O)cc2)OC[C@H](O)[C@H]2OC(c3ccc(O)cc3)O[C@@H]21. The molecule has 2 fully saturated rings. The molecule has 8 heteroatoms. The van der Waals surface area contributed by atoms with Gasteiger partial charge in [-0.25, -0.2) is 0 Å². The van der Waals surface area contributed by atoms with Gasteiger partial charge in [-0.2, -0.15) is 0 Å². The topological polar surface area (TPSA) is 118 Å². The van der Waals surface area contributed by atoms with Crippen molar-refractivity contribution >= 4 is 0 Å². The highest BCUT2D eigenvalue weighted by Crippen LogP contribution is 2.38. The predicted molar refractivity (Wildman–Crippen MR) is 95.4 cm³/mol. The molecule has 0 aliphatic carbocycles. The summed E-state index contributed by atoms with van der Waals surface area (Å²) in [6, 6.07) is 12.7. The summed E-state index contributed by atoms with van der Waals surface area (Å²) in [5.74, 6) is 0.229. The van der Waals surface area contributed by atoms with E-state index in [4.69, 9.17) is 18.9 Å². The highest BCUT2D eigenvalue weighted by Gasteiger charge is 2.47. The monoisotopic (exact) mass is 390 g/mol. The molecule has 6 atom stereocenters. The first kappa shape index (κ1) is 19.1. The normalized spacial score (nSPS) is 33.1. The number of fused-ring (bicyclic) bond motifs is 1. The maximum absolute atomic E-state index is 10.6. The summed E-state index contributed by atoms with van der Waals surface area (Å²) in [4.78, 5) is 0. The van der Waals surface area contributed by atoms with Gasteiger partial charge in [0.2, 0.25) is 0 Å². The van der Waals surface area contributed by atoms with Gasteiger partial charge < -0.3 is 39.4 Å². The number of rotatable bonds is 3. The van der Waals surface area contributed by atoms with Crippen LogP contribution in [-0.2, 0) is 18.9 Å². The van der Waals surface area contributed by atoms with Crippen LogP contribution >= 0.6 is 0 Å². The number of hydrogen-bond acceptors (Lipinski definition) is 8. The summed E-state index contributed by atoms with van der Waals surface area (Å²) >= 11 is 0. The fourth-order valence-electron chi connectivity index (χ4n) is 3.38. The van der Waals surface area contributed by atoms with E-state index in [9.17, 15) is 20.4 Å². The van der Waals surface area contributed by atoms with Crippen LogP contribution in [0.1, 0.15) is 23.7 Å². The average Bonchev–Trinajstić information content (AvgIpc) is 3.13. The minimum Gasteiger partial charge on any atom is -0.508 e. The quantitative estimate of drug-likeness (QED) is 0.620. The van der Waals surface area contributed by atoms with Gasteiger partial charge in [-0.1, -0.05) is 24.3 Å². The number of ether oxygens (including phenoxy) is 4. The highest BCUT2D eigenvalue weighted by atomic mass is 16.8. The third-order valence-corrected chi connectivity index (χ3v) is 4.86. The van der Waals surface area contributed by atoms with Gasteiger partial charge in [-0.05, 0) is 24.3 Å². The maximum Gasteiger partial charge on any atom is 0.184 e. The Morgan fingerprint density at radius 1 is 0.750 bits per heavy atom. The second kappa shape index (κ2) is 8.04. The Bertz CT molecular complexity index is 778. The number of phenolic OH excluding ortho intramolecular Hbond substituents is 2. The smallest absolute Gasteiger partial charge is 0.184 e.